The van der Waals surface area contributed by atoms with Crippen molar-refractivity contribution < 1.29 is 19.0 Å². The molecule has 0 aliphatic heterocycles. The SMILES string of the molecule is COc1ccc(/C(C)=N/NC(=O)c2ccc(OCc3ccccc3)cc2)c(OC)c1. The van der Waals surface area contributed by atoms with E-state index in [-0.39, 0.29) is 5.91 Å². The lowest BCUT2D eigenvalue weighted by molar-refractivity contribution is 0.0954. The van der Waals surface area contributed by atoms with E-state index in [0.29, 0.717) is 35.1 Å². The van der Waals surface area contributed by atoms with Crippen molar-refractivity contribution in [3.63, 3.8) is 0 Å². The summed E-state index contributed by atoms with van der Waals surface area (Å²) in [6.07, 6.45) is 0. The van der Waals surface area contributed by atoms with Crippen molar-refractivity contribution in [2.75, 3.05) is 14.2 Å². The maximum atomic E-state index is 12.4. The fourth-order valence-corrected chi connectivity index (χ4v) is 2.80. The first-order chi connectivity index (χ1) is 14.6. The first kappa shape index (κ1) is 20.9. The van der Waals surface area contributed by atoms with Crippen molar-refractivity contribution in [1.82, 2.24) is 5.43 Å². The van der Waals surface area contributed by atoms with Gasteiger partial charge >= 0.3 is 0 Å². The van der Waals surface area contributed by atoms with Gasteiger partial charge in [0.2, 0.25) is 0 Å². The van der Waals surface area contributed by atoms with Crippen molar-refractivity contribution in [1.29, 1.82) is 0 Å². The Morgan fingerprint density at radius 3 is 2.27 bits per heavy atom. The molecule has 0 saturated heterocycles. The Morgan fingerprint density at radius 2 is 1.60 bits per heavy atom. The summed E-state index contributed by atoms with van der Waals surface area (Å²) in [5.41, 5.74) is 5.53. The molecule has 0 fully saturated rings. The first-order valence-corrected chi connectivity index (χ1v) is 9.44. The van der Waals surface area contributed by atoms with E-state index in [1.54, 1.807) is 51.5 Å². The zero-order valence-electron chi connectivity index (χ0n) is 17.2. The van der Waals surface area contributed by atoms with Crippen LogP contribution in [0.1, 0.15) is 28.4 Å². The zero-order chi connectivity index (χ0) is 21.3. The van der Waals surface area contributed by atoms with Crippen LogP contribution in [-0.2, 0) is 6.61 Å². The van der Waals surface area contributed by atoms with Gasteiger partial charge in [-0.15, -0.1) is 0 Å². The summed E-state index contributed by atoms with van der Waals surface area (Å²) < 4.78 is 16.3. The Morgan fingerprint density at radius 1 is 0.900 bits per heavy atom. The van der Waals surface area contributed by atoms with Crippen LogP contribution in [0.4, 0.5) is 0 Å². The van der Waals surface area contributed by atoms with Crippen LogP contribution in [0, 0.1) is 0 Å². The number of hydrazone groups is 1. The topological polar surface area (TPSA) is 69.2 Å². The van der Waals surface area contributed by atoms with Crippen molar-refractivity contribution in [3.8, 4) is 17.2 Å². The standard InChI is InChI=1S/C24H24N2O4/c1-17(22-14-13-21(28-2)15-23(22)29-3)25-26-24(27)19-9-11-20(12-10-19)30-16-18-7-5-4-6-8-18/h4-15H,16H2,1-3H3,(H,26,27)/b25-17+. The molecule has 154 valence electrons. The highest BCUT2D eigenvalue weighted by molar-refractivity contribution is 6.02. The summed E-state index contributed by atoms with van der Waals surface area (Å²) in [4.78, 5) is 12.4. The molecule has 3 rings (SSSR count). The highest BCUT2D eigenvalue weighted by atomic mass is 16.5. The largest absolute Gasteiger partial charge is 0.497 e. The number of carbonyl (C=O) groups is 1. The maximum absolute atomic E-state index is 12.4. The van der Waals surface area contributed by atoms with Crippen LogP contribution in [0.3, 0.4) is 0 Å². The molecule has 0 aliphatic carbocycles. The van der Waals surface area contributed by atoms with Gasteiger partial charge in [0.1, 0.15) is 23.9 Å². The van der Waals surface area contributed by atoms with Crippen LogP contribution in [-0.4, -0.2) is 25.8 Å². The Hall–Kier alpha value is -3.80. The number of nitrogens with zero attached hydrogens (tertiary/aromatic N) is 1. The molecule has 0 unspecified atom stereocenters. The second-order valence-electron chi connectivity index (χ2n) is 6.50. The van der Waals surface area contributed by atoms with Crippen molar-refractivity contribution in [2.45, 2.75) is 13.5 Å². The third-order valence-electron chi connectivity index (χ3n) is 4.49. The Labute approximate surface area is 176 Å². The number of hydrogen-bond acceptors (Lipinski definition) is 5. The summed E-state index contributed by atoms with van der Waals surface area (Å²) in [7, 11) is 3.17. The van der Waals surface area contributed by atoms with Gasteiger partial charge in [0.15, 0.2) is 0 Å². The minimum absolute atomic E-state index is 0.309. The van der Waals surface area contributed by atoms with Crippen LogP contribution in [0.5, 0.6) is 17.2 Å². The molecule has 3 aromatic carbocycles. The van der Waals surface area contributed by atoms with Gasteiger partial charge in [0, 0.05) is 17.2 Å². The molecule has 0 heterocycles. The molecule has 0 radical (unpaired) electrons. The highest BCUT2D eigenvalue weighted by Gasteiger charge is 2.10. The van der Waals surface area contributed by atoms with Gasteiger partial charge in [-0.3, -0.25) is 4.79 Å². The average Bonchev–Trinajstić information content (AvgIpc) is 2.81. The second kappa shape index (κ2) is 10.1. The summed E-state index contributed by atoms with van der Waals surface area (Å²) in [6.45, 7) is 2.27. The van der Waals surface area contributed by atoms with Crippen molar-refractivity contribution >= 4 is 11.6 Å². The molecule has 0 aromatic heterocycles. The lowest BCUT2D eigenvalue weighted by atomic mass is 10.1. The van der Waals surface area contributed by atoms with Gasteiger partial charge in [-0.05, 0) is 48.9 Å². The van der Waals surface area contributed by atoms with Crippen molar-refractivity contribution in [3.05, 3.63) is 89.5 Å². The summed E-state index contributed by atoms with van der Waals surface area (Å²) in [6, 6.07) is 22.3. The van der Waals surface area contributed by atoms with E-state index in [0.717, 1.165) is 11.1 Å². The highest BCUT2D eigenvalue weighted by Crippen LogP contribution is 2.25. The number of ether oxygens (including phenoxy) is 3. The summed E-state index contributed by atoms with van der Waals surface area (Å²) >= 11 is 0. The van der Waals surface area contributed by atoms with Gasteiger partial charge in [0.05, 0.1) is 19.9 Å². The molecule has 30 heavy (non-hydrogen) atoms. The molecule has 1 amide bonds. The van der Waals surface area contributed by atoms with Gasteiger partial charge in [-0.2, -0.15) is 5.10 Å². The van der Waals surface area contributed by atoms with Crippen LogP contribution in [0.2, 0.25) is 0 Å². The third kappa shape index (κ3) is 5.38. The number of amides is 1. The molecule has 6 heteroatoms. The lowest BCUT2D eigenvalue weighted by Gasteiger charge is -2.10. The predicted molar refractivity (Wildman–Crippen MR) is 116 cm³/mol. The minimum Gasteiger partial charge on any atom is -0.497 e. The van der Waals surface area contributed by atoms with Crippen LogP contribution in [0.15, 0.2) is 77.9 Å². The van der Waals surface area contributed by atoms with E-state index >= 15 is 0 Å². The molecule has 0 atom stereocenters. The third-order valence-corrected chi connectivity index (χ3v) is 4.49. The Bertz CT molecular complexity index is 1020. The van der Waals surface area contributed by atoms with Gasteiger partial charge in [-0.25, -0.2) is 5.43 Å². The number of carbonyl (C=O) groups excluding carboxylic acids is 1. The fourth-order valence-electron chi connectivity index (χ4n) is 2.80. The number of methoxy groups -OCH3 is 2. The van der Waals surface area contributed by atoms with Gasteiger partial charge in [0.25, 0.3) is 5.91 Å². The predicted octanol–water partition coefficient (Wildman–Crippen LogP) is 4.44. The van der Waals surface area contributed by atoms with E-state index < -0.39 is 0 Å². The summed E-state index contributed by atoms with van der Waals surface area (Å²) in [5.74, 6) is 1.68. The quantitative estimate of drug-likeness (QED) is 0.445. The minimum atomic E-state index is -0.309. The summed E-state index contributed by atoms with van der Waals surface area (Å²) in [5, 5.41) is 4.20. The van der Waals surface area contributed by atoms with E-state index in [9.17, 15) is 4.79 Å². The zero-order valence-corrected chi connectivity index (χ0v) is 17.2. The second-order valence-corrected chi connectivity index (χ2v) is 6.50. The van der Waals surface area contributed by atoms with Gasteiger partial charge < -0.3 is 14.2 Å². The van der Waals surface area contributed by atoms with E-state index in [2.05, 4.69) is 10.5 Å². The number of benzene rings is 3. The average molecular weight is 404 g/mol. The van der Waals surface area contributed by atoms with Gasteiger partial charge in [-0.1, -0.05) is 30.3 Å². The van der Waals surface area contributed by atoms with E-state index in [4.69, 9.17) is 14.2 Å². The van der Waals surface area contributed by atoms with E-state index in [1.807, 2.05) is 42.5 Å². The maximum Gasteiger partial charge on any atom is 0.271 e. The Balaban J connectivity index is 1.61. The van der Waals surface area contributed by atoms with Crippen LogP contribution >= 0.6 is 0 Å². The Kier molecular flexibility index (Phi) is 7.05. The molecule has 3 aromatic rings. The lowest BCUT2D eigenvalue weighted by Crippen LogP contribution is -2.19. The molecule has 1 N–H and O–H groups in total. The molecule has 0 bridgehead atoms. The van der Waals surface area contributed by atoms with Crippen LogP contribution < -0.4 is 19.6 Å². The molecule has 0 aliphatic rings. The van der Waals surface area contributed by atoms with Crippen LogP contribution in [0.25, 0.3) is 0 Å². The monoisotopic (exact) mass is 404 g/mol. The smallest absolute Gasteiger partial charge is 0.271 e. The number of hydrogen-bond donors (Lipinski definition) is 1. The van der Waals surface area contributed by atoms with E-state index in [1.165, 1.54) is 0 Å². The fraction of sp³-hybridized carbons (Fsp3) is 0.167. The number of nitrogens with one attached hydrogen (secondary N) is 1. The number of rotatable bonds is 8. The molecule has 6 nitrogen and oxygen atoms in total. The first-order valence-electron chi connectivity index (χ1n) is 9.44. The molecule has 0 saturated carbocycles. The normalized spacial score (nSPS) is 11.0. The molecule has 0 spiro atoms. The van der Waals surface area contributed by atoms with Crippen molar-refractivity contribution in [2.24, 2.45) is 5.10 Å². The molecular weight excluding hydrogens is 380 g/mol. The molecular formula is C24H24N2O4.